The fourth-order valence-corrected chi connectivity index (χ4v) is 3.82. The first-order valence-corrected chi connectivity index (χ1v) is 10.1. The number of fused-ring (bicyclic) bond motifs is 2. The predicted octanol–water partition coefficient (Wildman–Crippen LogP) is 3.26. The summed E-state index contributed by atoms with van der Waals surface area (Å²) >= 11 is 0. The lowest BCUT2D eigenvalue weighted by Gasteiger charge is -2.33. The Morgan fingerprint density at radius 1 is 1.36 bits per heavy atom. The maximum Gasteiger partial charge on any atom is 0.132 e. The lowest BCUT2D eigenvalue weighted by atomic mass is 10.1. The van der Waals surface area contributed by atoms with Crippen LogP contribution < -0.4 is 10.6 Å². The molecule has 4 rings (SSSR count). The van der Waals surface area contributed by atoms with Gasteiger partial charge in [0.15, 0.2) is 0 Å². The molecule has 3 aliphatic rings. The number of nitrogens with two attached hydrogens (primary N) is 1. The lowest BCUT2D eigenvalue weighted by molar-refractivity contribution is 0.0302. The van der Waals surface area contributed by atoms with Gasteiger partial charge >= 0.3 is 0 Å². The molecule has 0 spiro atoms. The van der Waals surface area contributed by atoms with Crippen LogP contribution in [0.4, 0.5) is 5.82 Å². The number of hydrogen-bond donors (Lipinski definition) is 1. The summed E-state index contributed by atoms with van der Waals surface area (Å²) < 4.78 is 12.0. The highest BCUT2D eigenvalue weighted by molar-refractivity contribution is 5.42. The first-order valence-electron chi connectivity index (χ1n) is 10.1. The average molecular weight is 383 g/mol. The molecule has 6 heteroatoms. The van der Waals surface area contributed by atoms with Crippen LogP contribution in [0.15, 0.2) is 48.2 Å². The molecule has 3 fully saturated rings. The first-order chi connectivity index (χ1) is 13.4. The highest BCUT2D eigenvalue weighted by Gasteiger charge is 2.40. The number of rotatable bonds is 7. The third-order valence-electron chi connectivity index (χ3n) is 5.79. The van der Waals surface area contributed by atoms with Gasteiger partial charge in [-0.1, -0.05) is 6.58 Å². The van der Waals surface area contributed by atoms with E-state index in [9.17, 15) is 0 Å². The average Bonchev–Trinajstić information content (AvgIpc) is 3.32. The third kappa shape index (κ3) is 4.38. The molecule has 1 aromatic heterocycles. The number of aromatic nitrogens is 2. The van der Waals surface area contributed by atoms with Crippen molar-refractivity contribution in [3.8, 4) is 0 Å². The van der Waals surface area contributed by atoms with E-state index in [0.717, 1.165) is 67.3 Å². The fourth-order valence-electron chi connectivity index (χ4n) is 3.82. The molecule has 0 radical (unpaired) electrons. The van der Waals surface area contributed by atoms with Crippen molar-refractivity contribution in [3.05, 3.63) is 53.8 Å². The van der Waals surface area contributed by atoms with E-state index in [1.807, 2.05) is 13.0 Å². The zero-order valence-corrected chi connectivity index (χ0v) is 16.9. The van der Waals surface area contributed by atoms with Crippen LogP contribution in [-0.2, 0) is 15.9 Å². The Morgan fingerprint density at radius 3 is 2.68 bits per heavy atom. The third-order valence-corrected chi connectivity index (χ3v) is 5.79. The van der Waals surface area contributed by atoms with E-state index in [0.29, 0.717) is 18.6 Å². The number of morpholine rings is 1. The summed E-state index contributed by atoms with van der Waals surface area (Å²) in [6.45, 7) is 9.72. The summed E-state index contributed by atoms with van der Waals surface area (Å²) in [5, 5.41) is 0. The van der Waals surface area contributed by atoms with Gasteiger partial charge in [0.1, 0.15) is 23.5 Å². The van der Waals surface area contributed by atoms with Gasteiger partial charge in [0.05, 0.1) is 17.9 Å². The van der Waals surface area contributed by atoms with Gasteiger partial charge in [0.25, 0.3) is 0 Å². The summed E-state index contributed by atoms with van der Waals surface area (Å²) in [7, 11) is 0. The van der Waals surface area contributed by atoms with Crippen molar-refractivity contribution in [3.63, 3.8) is 0 Å². The first kappa shape index (κ1) is 19.0. The van der Waals surface area contributed by atoms with Crippen LogP contribution in [0.2, 0.25) is 0 Å². The molecule has 3 heterocycles. The van der Waals surface area contributed by atoms with E-state index < -0.39 is 0 Å². The Balaban J connectivity index is 1.50. The molecule has 2 N–H and O–H groups in total. The molecular formula is C22H30N4O2. The molecule has 2 unspecified atom stereocenters. The topological polar surface area (TPSA) is 73.5 Å². The Hall–Kier alpha value is -2.34. The fraction of sp³-hybridized carbons (Fsp3) is 0.545. The molecule has 2 atom stereocenters. The van der Waals surface area contributed by atoms with Gasteiger partial charge in [-0.3, -0.25) is 0 Å². The predicted molar refractivity (Wildman–Crippen MR) is 110 cm³/mol. The Bertz CT molecular complexity index is 797. The molecule has 150 valence electrons. The zero-order valence-electron chi connectivity index (χ0n) is 16.9. The number of ether oxygens (including phenoxy) is 2. The molecular weight excluding hydrogens is 352 g/mol. The van der Waals surface area contributed by atoms with Gasteiger partial charge < -0.3 is 20.1 Å². The molecule has 1 saturated carbocycles. The largest absolute Gasteiger partial charge is 0.488 e. The minimum Gasteiger partial charge on any atom is -0.488 e. The van der Waals surface area contributed by atoms with Gasteiger partial charge in [-0.15, -0.1) is 0 Å². The van der Waals surface area contributed by atoms with Crippen molar-refractivity contribution in [1.29, 1.82) is 0 Å². The van der Waals surface area contributed by atoms with Gasteiger partial charge in [0.2, 0.25) is 0 Å². The SMILES string of the molecule is C=C/C(=C\C(Cc1cc(N2CC3CCC(C2)O3)ncn1)=C(/C)N)OC1(C)CC1. The van der Waals surface area contributed by atoms with Gasteiger partial charge in [-0.2, -0.15) is 0 Å². The summed E-state index contributed by atoms with van der Waals surface area (Å²) in [5.41, 5.74) is 8.81. The van der Waals surface area contributed by atoms with Crippen molar-refractivity contribution in [2.45, 2.75) is 63.8 Å². The van der Waals surface area contributed by atoms with Gasteiger partial charge in [-0.25, -0.2) is 9.97 Å². The van der Waals surface area contributed by atoms with Crippen LogP contribution in [0.3, 0.4) is 0 Å². The summed E-state index contributed by atoms with van der Waals surface area (Å²) in [4.78, 5) is 11.3. The van der Waals surface area contributed by atoms with Gasteiger partial charge in [-0.05, 0) is 57.3 Å². The Morgan fingerprint density at radius 2 is 2.07 bits per heavy atom. The molecule has 1 aliphatic carbocycles. The standard InChI is InChI=1S/C22H30N4O2/c1-4-18(28-22(3)7-8-22)10-16(15(2)23)9-17-11-21(25-14-24-17)26-12-19-5-6-20(13-26)27-19/h4,10-11,14,19-20H,1,5-9,12-13,23H2,2-3H3/b16-15+,18-10+. The van der Waals surface area contributed by atoms with Crippen LogP contribution >= 0.6 is 0 Å². The highest BCUT2D eigenvalue weighted by Crippen LogP contribution is 2.40. The second-order valence-electron chi connectivity index (χ2n) is 8.42. The number of allylic oxidation sites excluding steroid dienone is 4. The van der Waals surface area contributed by atoms with E-state index >= 15 is 0 Å². The number of hydrogen-bond acceptors (Lipinski definition) is 6. The molecule has 1 aromatic rings. The van der Waals surface area contributed by atoms with Crippen LogP contribution in [0.25, 0.3) is 0 Å². The summed E-state index contributed by atoms with van der Waals surface area (Å²) in [6.07, 6.45) is 11.1. The number of nitrogens with zero attached hydrogens (tertiary/aromatic N) is 3. The Kier molecular flexibility index (Phi) is 5.15. The maximum atomic E-state index is 6.17. The molecule has 2 aliphatic heterocycles. The maximum absolute atomic E-state index is 6.17. The minimum absolute atomic E-state index is 0.0502. The van der Waals surface area contributed by atoms with E-state index in [4.69, 9.17) is 15.2 Å². The molecule has 28 heavy (non-hydrogen) atoms. The smallest absolute Gasteiger partial charge is 0.132 e. The van der Waals surface area contributed by atoms with Crippen LogP contribution in [0.1, 0.15) is 45.2 Å². The van der Waals surface area contributed by atoms with E-state index in [-0.39, 0.29) is 5.60 Å². The lowest BCUT2D eigenvalue weighted by Crippen LogP contribution is -2.43. The van der Waals surface area contributed by atoms with Crippen molar-refractivity contribution >= 4 is 5.82 Å². The van der Waals surface area contributed by atoms with Crippen molar-refractivity contribution in [2.24, 2.45) is 5.73 Å². The molecule has 0 aromatic carbocycles. The van der Waals surface area contributed by atoms with Crippen LogP contribution in [0.5, 0.6) is 0 Å². The van der Waals surface area contributed by atoms with E-state index in [2.05, 4.69) is 34.4 Å². The second-order valence-corrected chi connectivity index (χ2v) is 8.42. The zero-order chi connectivity index (χ0) is 19.7. The summed E-state index contributed by atoms with van der Waals surface area (Å²) in [5.74, 6) is 1.73. The monoisotopic (exact) mass is 382 g/mol. The minimum atomic E-state index is -0.0502. The van der Waals surface area contributed by atoms with Crippen molar-refractivity contribution in [1.82, 2.24) is 9.97 Å². The highest BCUT2D eigenvalue weighted by atomic mass is 16.5. The Labute approximate surface area is 167 Å². The summed E-state index contributed by atoms with van der Waals surface area (Å²) in [6, 6.07) is 2.07. The van der Waals surface area contributed by atoms with Crippen molar-refractivity contribution in [2.75, 3.05) is 18.0 Å². The number of anilines is 1. The quantitative estimate of drug-likeness (QED) is 0.576. The van der Waals surface area contributed by atoms with Crippen molar-refractivity contribution < 1.29 is 9.47 Å². The molecule has 0 amide bonds. The van der Waals surface area contributed by atoms with Crippen LogP contribution in [0, 0.1) is 0 Å². The molecule has 2 saturated heterocycles. The van der Waals surface area contributed by atoms with E-state index in [1.54, 1.807) is 12.4 Å². The second kappa shape index (κ2) is 7.59. The van der Waals surface area contributed by atoms with E-state index in [1.165, 1.54) is 0 Å². The molecule has 6 nitrogen and oxygen atoms in total. The van der Waals surface area contributed by atoms with Crippen LogP contribution in [-0.4, -0.2) is 40.9 Å². The molecule has 2 bridgehead atoms. The van der Waals surface area contributed by atoms with Gasteiger partial charge in [0, 0.05) is 31.3 Å². The normalized spacial score (nSPS) is 26.6.